The number of oxazole rings is 1. The molecule has 1 aromatic heterocycles. The zero-order valence-electron chi connectivity index (χ0n) is 16.8. The summed E-state index contributed by atoms with van der Waals surface area (Å²) in [5.41, 5.74) is 7.66. The van der Waals surface area contributed by atoms with Gasteiger partial charge in [0.05, 0.1) is 10.7 Å². The molecule has 0 unspecified atom stereocenters. The Morgan fingerprint density at radius 3 is 2.45 bits per heavy atom. The van der Waals surface area contributed by atoms with Gasteiger partial charge in [-0.3, -0.25) is 4.79 Å². The van der Waals surface area contributed by atoms with Crippen LogP contribution >= 0.6 is 11.6 Å². The van der Waals surface area contributed by atoms with Crippen LogP contribution in [0.2, 0.25) is 5.02 Å². The van der Waals surface area contributed by atoms with Gasteiger partial charge in [-0.05, 0) is 74.7 Å². The maximum atomic E-state index is 12.8. The lowest BCUT2D eigenvalue weighted by molar-refractivity contribution is 0.102. The molecule has 1 N–H and O–H groups in total. The lowest BCUT2D eigenvalue weighted by Gasteiger charge is -2.10. The molecule has 146 valence electrons. The zero-order valence-corrected chi connectivity index (χ0v) is 17.5. The molecule has 0 radical (unpaired) electrons. The zero-order chi connectivity index (χ0) is 20.7. The van der Waals surface area contributed by atoms with Crippen molar-refractivity contribution in [3.63, 3.8) is 0 Å². The number of halogens is 1. The van der Waals surface area contributed by atoms with Gasteiger partial charge in [0.1, 0.15) is 5.52 Å². The van der Waals surface area contributed by atoms with E-state index in [-0.39, 0.29) is 5.91 Å². The van der Waals surface area contributed by atoms with Crippen LogP contribution in [0.1, 0.15) is 32.6 Å². The minimum Gasteiger partial charge on any atom is -0.436 e. The van der Waals surface area contributed by atoms with Crippen LogP contribution in [0.15, 0.2) is 52.9 Å². The second kappa shape index (κ2) is 7.37. The van der Waals surface area contributed by atoms with Gasteiger partial charge in [-0.25, -0.2) is 4.98 Å². The van der Waals surface area contributed by atoms with E-state index in [1.165, 1.54) is 0 Å². The third kappa shape index (κ3) is 3.76. The Hall–Kier alpha value is -3.11. The predicted octanol–water partition coefficient (Wildman–Crippen LogP) is 6.63. The summed E-state index contributed by atoms with van der Waals surface area (Å²) in [7, 11) is 0. The topological polar surface area (TPSA) is 55.1 Å². The van der Waals surface area contributed by atoms with Gasteiger partial charge < -0.3 is 9.73 Å². The van der Waals surface area contributed by atoms with E-state index in [4.69, 9.17) is 16.0 Å². The van der Waals surface area contributed by atoms with Gasteiger partial charge >= 0.3 is 0 Å². The number of aryl methyl sites for hydroxylation is 4. The molecule has 0 saturated carbocycles. The maximum absolute atomic E-state index is 12.8. The molecule has 0 saturated heterocycles. The van der Waals surface area contributed by atoms with E-state index in [9.17, 15) is 4.79 Å². The van der Waals surface area contributed by atoms with Gasteiger partial charge in [0.2, 0.25) is 5.89 Å². The normalized spacial score (nSPS) is 11.1. The van der Waals surface area contributed by atoms with Crippen LogP contribution in [-0.2, 0) is 0 Å². The lowest BCUT2D eigenvalue weighted by atomic mass is 10.1. The highest BCUT2D eigenvalue weighted by Crippen LogP contribution is 2.32. The number of rotatable bonds is 3. The van der Waals surface area contributed by atoms with Gasteiger partial charge in [0.25, 0.3) is 5.91 Å². The van der Waals surface area contributed by atoms with E-state index in [0.717, 1.165) is 38.9 Å². The molecular weight excluding hydrogens is 384 g/mol. The van der Waals surface area contributed by atoms with Crippen molar-refractivity contribution in [2.24, 2.45) is 0 Å². The molecular formula is C24H21ClN2O2. The van der Waals surface area contributed by atoms with Crippen LogP contribution in [0.25, 0.3) is 22.6 Å². The molecule has 3 aromatic carbocycles. The van der Waals surface area contributed by atoms with Crippen molar-refractivity contribution in [3.8, 4) is 11.5 Å². The van der Waals surface area contributed by atoms with Gasteiger partial charge in [-0.15, -0.1) is 0 Å². The molecule has 0 bridgehead atoms. The summed E-state index contributed by atoms with van der Waals surface area (Å²) in [6, 6.07) is 15.1. The minimum absolute atomic E-state index is 0.203. The van der Waals surface area contributed by atoms with Crippen LogP contribution in [0.4, 0.5) is 5.69 Å². The third-order valence-corrected chi connectivity index (χ3v) is 5.24. The van der Waals surface area contributed by atoms with E-state index < -0.39 is 0 Å². The molecule has 0 aliphatic heterocycles. The van der Waals surface area contributed by atoms with Crippen molar-refractivity contribution in [2.45, 2.75) is 27.7 Å². The van der Waals surface area contributed by atoms with Crippen molar-refractivity contribution in [1.29, 1.82) is 0 Å². The standard InChI is InChI=1S/C24H21ClN2O2/c1-13-5-7-18(15(3)9-13)23(28)26-20-12-17(6-8-19(20)25)24-27-21-11-14(2)10-16(4)22(21)29-24/h5-12H,1-4H3,(H,26,28). The average molecular weight is 405 g/mol. The van der Waals surface area contributed by atoms with Crippen molar-refractivity contribution >= 4 is 34.3 Å². The monoisotopic (exact) mass is 404 g/mol. The van der Waals surface area contributed by atoms with Crippen LogP contribution in [0.5, 0.6) is 0 Å². The molecule has 0 aliphatic carbocycles. The number of nitrogens with one attached hydrogen (secondary N) is 1. The van der Waals surface area contributed by atoms with E-state index in [1.807, 2.05) is 58.0 Å². The van der Waals surface area contributed by atoms with Crippen molar-refractivity contribution < 1.29 is 9.21 Å². The number of fused-ring (bicyclic) bond motifs is 1. The smallest absolute Gasteiger partial charge is 0.255 e. The number of carbonyl (C=O) groups is 1. The quantitative estimate of drug-likeness (QED) is 0.416. The second-order valence-electron chi connectivity index (χ2n) is 7.42. The molecule has 4 aromatic rings. The minimum atomic E-state index is -0.203. The van der Waals surface area contributed by atoms with Gasteiger partial charge in [-0.1, -0.05) is 35.4 Å². The maximum Gasteiger partial charge on any atom is 0.255 e. The summed E-state index contributed by atoms with van der Waals surface area (Å²) in [5.74, 6) is 0.290. The van der Waals surface area contributed by atoms with Gasteiger partial charge in [0, 0.05) is 11.1 Å². The highest BCUT2D eigenvalue weighted by Gasteiger charge is 2.15. The second-order valence-corrected chi connectivity index (χ2v) is 7.82. The van der Waals surface area contributed by atoms with E-state index in [1.54, 1.807) is 12.1 Å². The number of hydrogen-bond donors (Lipinski definition) is 1. The first-order chi connectivity index (χ1) is 13.8. The van der Waals surface area contributed by atoms with Gasteiger partial charge in [-0.2, -0.15) is 0 Å². The highest BCUT2D eigenvalue weighted by atomic mass is 35.5. The number of anilines is 1. The first-order valence-corrected chi connectivity index (χ1v) is 9.76. The SMILES string of the molecule is Cc1ccc(C(=O)Nc2cc(-c3nc4cc(C)cc(C)c4o3)ccc2Cl)c(C)c1. The summed E-state index contributed by atoms with van der Waals surface area (Å²) in [5, 5.41) is 3.36. The summed E-state index contributed by atoms with van der Waals surface area (Å²) in [6.45, 7) is 7.95. The summed E-state index contributed by atoms with van der Waals surface area (Å²) < 4.78 is 5.99. The average Bonchev–Trinajstić information content (AvgIpc) is 3.07. The van der Waals surface area contributed by atoms with E-state index >= 15 is 0 Å². The molecule has 5 heteroatoms. The number of hydrogen-bond acceptors (Lipinski definition) is 3. The Kier molecular flexibility index (Phi) is 4.89. The number of nitrogens with zero attached hydrogens (tertiary/aromatic N) is 1. The third-order valence-electron chi connectivity index (χ3n) is 4.91. The fraction of sp³-hybridized carbons (Fsp3) is 0.167. The molecule has 1 heterocycles. The van der Waals surface area contributed by atoms with Crippen LogP contribution < -0.4 is 5.32 Å². The van der Waals surface area contributed by atoms with Gasteiger partial charge in [0.15, 0.2) is 5.58 Å². The molecule has 0 aliphatic rings. The Labute approximate surface area is 174 Å². The predicted molar refractivity (Wildman–Crippen MR) is 118 cm³/mol. The van der Waals surface area contributed by atoms with Crippen molar-refractivity contribution in [3.05, 3.63) is 81.4 Å². The molecule has 1 amide bonds. The summed E-state index contributed by atoms with van der Waals surface area (Å²) >= 11 is 6.34. The first kappa shape index (κ1) is 19.2. The van der Waals surface area contributed by atoms with Crippen molar-refractivity contribution in [1.82, 2.24) is 4.98 Å². The van der Waals surface area contributed by atoms with Crippen LogP contribution in [-0.4, -0.2) is 10.9 Å². The Balaban J connectivity index is 1.69. The summed E-state index contributed by atoms with van der Waals surface area (Å²) in [4.78, 5) is 17.4. The summed E-state index contributed by atoms with van der Waals surface area (Å²) in [6.07, 6.45) is 0. The molecule has 4 rings (SSSR count). The molecule has 29 heavy (non-hydrogen) atoms. The lowest BCUT2D eigenvalue weighted by Crippen LogP contribution is -2.13. The molecule has 0 fully saturated rings. The number of carbonyl (C=O) groups excluding carboxylic acids is 1. The molecule has 4 nitrogen and oxygen atoms in total. The number of benzene rings is 3. The van der Waals surface area contributed by atoms with E-state index in [2.05, 4.69) is 16.4 Å². The molecule has 0 spiro atoms. The number of aromatic nitrogens is 1. The van der Waals surface area contributed by atoms with Crippen LogP contribution in [0.3, 0.4) is 0 Å². The number of amides is 1. The van der Waals surface area contributed by atoms with Crippen molar-refractivity contribution in [2.75, 3.05) is 5.32 Å². The first-order valence-electron chi connectivity index (χ1n) is 9.38. The largest absolute Gasteiger partial charge is 0.436 e. The van der Waals surface area contributed by atoms with Crippen LogP contribution in [0, 0.1) is 27.7 Å². The molecule has 0 atom stereocenters. The Bertz CT molecular complexity index is 1260. The Morgan fingerprint density at radius 2 is 1.69 bits per heavy atom. The Morgan fingerprint density at radius 1 is 0.931 bits per heavy atom. The fourth-order valence-electron chi connectivity index (χ4n) is 3.51. The highest BCUT2D eigenvalue weighted by molar-refractivity contribution is 6.34. The fourth-order valence-corrected chi connectivity index (χ4v) is 3.68. The van der Waals surface area contributed by atoms with E-state index in [0.29, 0.717) is 22.2 Å².